The molecule has 3 fully saturated rings. The van der Waals surface area contributed by atoms with Crippen LogP contribution in [0, 0.1) is 23.7 Å². The fraction of sp³-hybridized carbons (Fsp3) is 0.545. The van der Waals surface area contributed by atoms with Crippen LogP contribution in [-0.2, 0) is 29.3 Å². The molecule has 4 aromatic rings. The Bertz CT molecular complexity index is 2000. The summed E-state index contributed by atoms with van der Waals surface area (Å²) in [6.45, 7) is 8.75. The van der Waals surface area contributed by atoms with Gasteiger partial charge in [-0.05, 0) is 55.6 Å². The highest BCUT2D eigenvalue weighted by molar-refractivity contribution is 7.91. The molecule has 0 radical (unpaired) electrons. The van der Waals surface area contributed by atoms with E-state index in [1.165, 1.54) is 5.56 Å². The number of hydrogen-bond donors (Lipinski definition) is 1. The van der Waals surface area contributed by atoms with E-state index in [1.54, 1.807) is 13.1 Å². The summed E-state index contributed by atoms with van der Waals surface area (Å²) in [7, 11) is -1.22. The van der Waals surface area contributed by atoms with E-state index in [1.807, 2.05) is 6.07 Å². The number of halogens is 3. The summed E-state index contributed by atoms with van der Waals surface area (Å²) < 4.78 is 65.2. The Morgan fingerprint density at radius 3 is 2.52 bits per heavy atom. The molecule has 6 heterocycles. The van der Waals surface area contributed by atoms with Crippen LogP contribution in [0.1, 0.15) is 34.5 Å². The lowest BCUT2D eigenvalue weighted by Crippen LogP contribution is -2.41. The van der Waals surface area contributed by atoms with E-state index < -0.39 is 22.4 Å². The Hall–Kier alpha value is -3.45. The van der Waals surface area contributed by atoms with Crippen LogP contribution in [0.4, 0.5) is 24.9 Å². The van der Waals surface area contributed by atoms with Gasteiger partial charge < -0.3 is 14.8 Å². The minimum absolute atomic E-state index is 0.0744. The number of fused-ring (bicyclic) bond motifs is 2. The van der Waals surface area contributed by atoms with Crippen molar-refractivity contribution in [1.29, 1.82) is 5.26 Å². The Morgan fingerprint density at radius 2 is 1.79 bits per heavy atom. The molecule has 3 saturated heterocycles. The second-order valence-electron chi connectivity index (χ2n) is 13.5. The van der Waals surface area contributed by atoms with Gasteiger partial charge in [-0.15, -0.1) is 11.3 Å². The molecule has 3 aliphatic heterocycles. The first kappa shape index (κ1) is 33.1. The summed E-state index contributed by atoms with van der Waals surface area (Å²) in [4.78, 5) is 16.9. The number of alkyl halides is 3. The topological polar surface area (TPSA) is 110 Å². The lowest BCUT2D eigenvalue weighted by Gasteiger charge is -2.27. The molecule has 0 bridgehead atoms. The fourth-order valence-electron chi connectivity index (χ4n) is 7.69. The lowest BCUT2D eigenvalue weighted by atomic mass is 9.86. The minimum atomic E-state index is -4.28. The zero-order chi connectivity index (χ0) is 33.8. The molecule has 0 aliphatic carbocycles. The van der Waals surface area contributed by atoms with Crippen LogP contribution in [-0.4, -0.2) is 103 Å². The van der Waals surface area contributed by atoms with Gasteiger partial charge in [0.15, 0.2) is 9.84 Å². The molecule has 1 aromatic carbocycles. The van der Waals surface area contributed by atoms with E-state index in [-0.39, 0.29) is 21.8 Å². The van der Waals surface area contributed by atoms with Crippen molar-refractivity contribution in [3.8, 4) is 6.07 Å². The maximum absolute atomic E-state index is 13.2. The van der Waals surface area contributed by atoms with Crippen molar-refractivity contribution in [3.05, 3.63) is 46.0 Å². The predicted molar refractivity (Wildman–Crippen MR) is 182 cm³/mol. The van der Waals surface area contributed by atoms with Gasteiger partial charge in [-0.3, -0.25) is 9.80 Å². The third-order valence-electron chi connectivity index (χ3n) is 10.3. The van der Waals surface area contributed by atoms with E-state index in [0.717, 1.165) is 73.4 Å². The van der Waals surface area contributed by atoms with Crippen molar-refractivity contribution in [2.24, 2.45) is 5.41 Å². The molecule has 7 rings (SSSR count). The normalized spacial score (nSPS) is 22.0. The van der Waals surface area contributed by atoms with Crippen LogP contribution in [0.5, 0.6) is 0 Å². The Labute approximate surface area is 282 Å². The first-order valence-electron chi connectivity index (χ1n) is 16.3. The van der Waals surface area contributed by atoms with Crippen LogP contribution in [0.25, 0.3) is 21.1 Å². The summed E-state index contributed by atoms with van der Waals surface area (Å²) in [5.74, 6) is 1.48. The number of nitrogens with zero attached hydrogens (tertiary/aromatic N) is 7. The Balaban J connectivity index is 1.05. The van der Waals surface area contributed by atoms with E-state index in [0.29, 0.717) is 53.9 Å². The highest BCUT2D eigenvalue weighted by Gasteiger charge is 2.44. The zero-order valence-electron chi connectivity index (χ0n) is 27.1. The van der Waals surface area contributed by atoms with Crippen molar-refractivity contribution in [2.45, 2.75) is 45.5 Å². The standard InChI is InChI=1S/C33H39F3N8O2S2/c1-22-23(3-4-28-26(22)15-24(18-37)44(28)10-9-41-11-13-48(45,46)14-12-41)19-42-7-5-32(20-42)6-8-43(21-32)29-27-16-25(17-33(34,35)36)47-30(27)40-31(38-2)39-29/h3-4,15-16H,5-14,17,19-21H2,1-2H3,(H,38,39,40). The first-order chi connectivity index (χ1) is 22.8. The predicted octanol–water partition coefficient (Wildman–Crippen LogP) is 4.81. The fourth-order valence-corrected chi connectivity index (χ4v) is 10.0. The van der Waals surface area contributed by atoms with E-state index in [9.17, 15) is 26.9 Å². The molecule has 3 aliphatic rings. The average molecular weight is 701 g/mol. The molecular weight excluding hydrogens is 662 g/mol. The largest absolute Gasteiger partial charge is 0.393 e. The van der Waals surface area contributed by atoms with E-state index >= 15 is 0 Å². The summed E-state index contributed by atoms with van der Waals surface area (Å²) in [5, 5.41) is 14.7. The van der Waals surface area contributed by atoms with Crippen molar-refractivity contribution < 1.29 is 21.6 Å². The van der Waals surface area contributed by atoms with Gasteiger partial charge in [0.25, 0.3) is 0 Å². The van der Waals surface area contributed by atoms with Gasteiger partial charge in [0.1, 0.15) is 22.4 Å². The number of aryl methyl sites for hydroxylation is 1. The molecule has 256 valence electrons. The quantitative estimate of drug-likeness (QED) is 0.277. The molecule has 1 N–H and O–H groups in total. The molecular formula is C33H39F3N8O2S2. The van der Waals surface area contributed by atoms with Gasteiger partial charge in [0.05, 0.1) is 23.3 Å². The third kappa shape index (κ3) is 6.59. The molecule has 15 heteroatoms. The molecule has 1 spiro atoms. The molecule has 0 amide bonds. The first-order valence-corrected chi connectivity index (χ1v) is 18.9. The summed E-state index contributed by atoms with van der Waals surface area (Å²) in [6.07, 6.45) is -3.23. The maximum Gasteiger partial charge on any atom is 0.393 e. The molecule has 1 unspecified atom stereocenters. The smallest absolute Gasteiger partial charge is 0.357 e. The zero-order valence-corrected chi connectivity index (χ0v) is 28.7. The number of anilines is 2. The monoisotopic (exact) mass is 700 g/mol. The highest BCUT2D eigenvalue weighted by atomic mass is 32.2. The molecule has 0 saturated carbocycles. The van der Waals surface area contributed by atoms with Crippen LogP contribution < -0.4 is 10.2 Å². The van der Waals surface area contributed by atoms with Gasteiger partial charge in [-0.2, -0.15) is 23.4 Å². The van der Waals surface area contributed by atoms with Crippen molar-refractivity contribution in [2.75, 3.05) is 74.6 Å². The number of nitrogens with one attached hydrogen (secondary N) is 1. The molecule has 3 aromatic heterocycles. The third-order valence-corrected chi connectivity index (χ3v) is 13.0. The second kappa shape index (κ2) is 12.5. The van der Waals surface area contributed by atoms with Crippen molar-refractivity contribution in [3.63, 3.8) is 0 Å². The Kier molecular flexibility index (Phi) is 8.58. The number of thiophene rings is 1. The molecule has 10 nitrogen and oxygen atoms in total. The van der Waals surface area contributed by atoms with Gasteiger partial charge >= 0.3 is 6.18 Å². The number of nitriles is 1. The number of rotatable bonds is 8. The van der Waals surface area contributed by atoms with Crippen LogP contribution in [0.3, 0.4) is 0 Å². The summed E-state index contributed by atoms with van der Waals surface area (Å²) in [6, 6.07) is 10.2. The number of sulfone groups is 1. The molecule has 1 atom stereocenters. The van der Waals surface area contributed by atoms with Gasteiger partial charge in [-0.1, -0.05) is 6.07 Å². The highest BCUT2D eigenvalue weighted by Crippen LogP contribution is 2.44. The number of likely N-dealkylation sites (tertiary alicyclic amines) is 1. The number of hydrogen-bond acceptors (Lipinski definition) is 10. The number of benzene rings is 1. The SMILES string of the molecule is CNc1nc(N2CCC3(CCN(Cc4ccc5c(cc(C#N)n5CCN5CCS(=O)(=O)CC5)c4C)C3)C2)c2cc(CC(F)(F)F)sc2n1. The van der Waals surface area contributed by atoms with E-state index in [2.05, 4.69) is 54.7 Å². The van der Waals surface area contributed by atoms with Crippen LogP contribution in [0.15, 0.2) is 24.3 Å². The second-order valence-corrected chi connectivity index (χ2v) is 17.0. The average Bonchev–Trinajstić information content (AvgIpc) is 3.82. The lowest BCUT2D eigenvalue weighted by molar-refractivity contribution is -0.126. The van der Waals surface area contributed by atoms with Gasteiger partial charge in [0.2, 0.25) is 5.95 Å². The maximum atomic E-state index is 13.2. The Morgan fingerprint density at radius 1 is 1.02 bits per heavy atom. The van der Waals surface area contributed by atoms with Gasteiger partial charge in [0, 0.05) is 80.6 Å². The summed E-state index contributed by atoms with van der Waals surface area (Å²) >= 11 is 1.08. The van der Waals surface area contributed by atoms with Crippen LogP contribution in [0.2, 0.25) is 0 Å². The number of aromatic nitrogens is 3. The van der Waals surface area contributed by atoms with E-state index in [4.69, 9.17) is 4.98 Å². The van der Waals surface area contributed by atoms with Crippen LogP contribution >= 0.6 is 11.3 Å². The molecule has 48 heavy (non-hydrogen) atoms. The van der Waals surface area contributed by atoms with Gasteiger partial charge in [-0.25, -0.2) is 13.4 Å². The minimum Gasteiger partial charge on any atom is -0.357 e. The van der Waals surface area contributed by atoms with Crippen molar-refractivity contribution >= 4 is 54.1 Å². The summed E-state index contributed by atoms with van der Waals surface area (Å²) in [5.41, 5.74) is 4.09. The van der Waals surface area contributed by atoms with Crippen molar-refractivity contribution in [1.82, 2.24) is 24.3 Å².